The molecule has 2 heterocycles. The van der Waals surface area contributed by atoms with Crippen LogP contribution >= 0.6 is 0 Å². The van der Waals surface area contributed by atoms with Crippen molar-refractivity contribution >= 4 is 16.9 Å². The number of fused-ring (bicyclic) bond motifs is 1. The predicted molar refractivity (Wildman–Crippen MR) is 83.7 cm³/mol. The highest BCUT2D eigenvalue weighted by Crippen LogP contribution is 2.25. The van der Waals surface area contributed by atoms with E-state index in [1.54, 1.807) is 7.11 Å². The summed E-state index contributed by atoms with van der Waals surface area (Å²) < 4.78 is 5.36. The number of aromatic nitrogens is 3. The Kier molecular flexibility index (Phi) is 3.48. The summed E-state index contributed by atoms with van der Waals surface area (Å²) in [7, 11) is 1.68. The van der Waals surface area contributed by atoms with Crippen molar-refractivity contribution in [3.05, 3.63) is 47.2 Å². The van der Waals surface area contributed by atoms with Crippen molar-refractivity contribution in [1.29, 1.82) is 0 Å². The van der Waals surface area contributed by atoms with Gasteiger partial charge in [0.25, 0.3) is 0 Å². The molecule has 0 saturated carbocycles. The molecular weight excluding hydrogens is 264 g/mol. The van der Waals surface area contributed by atoms with Crippen LogP contribution in [0, 0.1) is 13.8 Å². The van der Waals surface area contributed by atoms with Crippen LogP contribution in [-0.4, -0.2) is 22.3 Å². The average Bonchev–Trinajstić information content (AvgIpc) is 2.88. The molecule has 3 aromatic rings. The minimum atomic E-state index is 0.661. The highest BCUT2D eigenvalue weighted by atomic mass is 16.5. The zero-order chi connectivity index (χ0) is 14.8. The third kappa shape index (κ3) is 2.54. The first-order valence-corrected chi connectivity index (χ1v) is 6.87. The molecule has 0 radical (unpaired) electrons. The van der Waals surface area contributed by atoms with Crippen molar-refractivity contribution < 1.29 is 4.74 Å². The number of methoxy groups -OCH3 is 1. The lowest BCUT2D eigenvalue weighted by molar-refractivity contribution is 0.410. The van der Waals surface area contributed by atoms with Crippen LogP contribution < -0.4 is 10.1 Å². The van der Waals surface area contributed by atoms with Crippen molar-refractivity contribution in [3.63, 3.8) is 0 Å². The maximum atomic E-state index is 5.36. The van der Waals surface area contributed by atoms with E-state index in [0.29, 0.717) is 6.54 Å². The number of ether oxygens (including phenoxy) is 1. The Morgan fingerprint density at radius 1 is 1.24 bits per heavy atom. The zero-order valence-corrected chi connectivity index (χ0v) is 12.4. The van der Waals surface area contributed by atoms with Gasteiger partial charge in [0.2, 0.25) is 0 Å². The number of H-pyrrole nitrogens is 1. The monoisotopic (exact) mass is 282 g/mol. The first-order valence-electron chi connectivity index (χ1n) is 6.87. The third-order valence-corrected chi connectivity index (χ3v) is 3.50. The number of aryl methyl sites for hydroxylation is 2. The number of anilines is 1. The molecule has 0 saturated heterocycles. The van der Waals surface area contributed by atoms with E-state index >= 15 is 0 Å². The molecule has 108 valence electrons. The van der Waals surface area contributed by atoms with Gasteiger partial charge in [0.1, 0.15) is 11.6 Å². The molecule has 0 spiro atoms. The van der Waals surface area contributed by atoms with Crippen LogP contribution in [0.25, 0.3) is 11.0 Å². The minimum Gasteiger partial charge on any atom is -0.496 e. The number of benzene rings is 1. The molecule has 1 aromatic carbocycles. The Balaban J connectivity index is 1.89. The fraction of sp³-hybridized carbons (Fsp3) is 0.250. The Morgan fingerprint density at radius 2 is 2.05 bits per heavy atom. The van der Waals surface area contributed by atoms with Gasteiger partial charge in [-0.15, -0.1) is 0 Å². The van der Waals surface area contributed by atoms with Gasteiger partial charge in [0.05, 0.1) is 12.5 Å². The fourth-order valence-corrected chi connectivity index (χ4v) is 2.53. The number of hydrogen-bond acceptors (Lipinski definition) is 4. The van der Waals surface area contributed by atoms with Crippen molar-refractivity contribution in [2.75, 3.05) is 12.4 Å². The minimum absolute atomic E-state index is 0.661. The first-order chi connectivity index (χ1) is 10.2. The van der Waals surface area contributed by atoms with Gasteiger partial charge >= 0.3 is 0 Å². The second kappa shape index (κ2) is 5.44. The van der Waals surface area contributed by atoms with Gasteiger partial charge in [-0.3, -0.25) is 5.10 Å². The Hall–Kier alpha value is -2.56. The molecule has 0 bridgehead atoms. The highest BCUT2D eigenvalue weighted by molar-refractivity contribution is 5.90. The molecule has 5 nitrogen and oxygen atoms in total. The van der Waals surface area contributed by atoms with E-state index in [1.165, 1.54) is 0 Å². The number of rotatable bonds is 4. The van der Waals surface area contributed by atoms with E-state index in [9.17, 15) is 0 Å². The van der Waals surface area contributed by atoms with Crippen molar-refractivity contribution in [2.24, 2.45) is 0 Å². The topological polar surface area (TPSA) is 62.8 Å². The molecule has 0 aliphatic carbocycles. The number of nitrogens with one attached hydrogen (secondary N) is 2. The van der Waals surface area contributed by atoms with Crippen LogP contribution in [0.5, 0.6) is 5.75 Å². The molecule has 0 fully saturated rings. The molecule has 2 aromatic heterocycles. The number of aromatic amines is 1. The summed E-state index contributed by atoms with van der Waals surface area (Å²) in [6.45, 7) is 4.71. The molecule has 0 aliphatic heterocycles. The summed E-state index contributed by atoms with van der Waals surface area (Å²) >= 11 is 0. The lowest BCUT2D eigenvalue weighted by atomic mass is 10.1. The Morgan fingerprint density at radius 3 is 2.86 bits per heavy atom. The highest BCUT2D eigenvalue weighted by Gasteiger charge is 2.10. The van der Waals surface area contributed by atoms with E-state index in [4.69, 9.17) is 4.74 Å². The molecule has 0 unspecified atom stereocenters. The Bertz CT molecular complexity index is 779. The fourth-order valence-electron chi connectivity index (χ4n) is 2.53. The molecule has 0 aliphatic rings. The molecule has 2 N–H and O–H groups in total. The van der Waals surface area contributed by atoms with Crippen LogP contribution in [0.1, 0.15) is 16.8 Å². The van der Waals surface area contributed by atoms with Crippen LogP contribution in [0.2, 0.25) is 0 Å². The van der Waals surface area contributed by atoms with Gasteiger partial charge in [-0.05, 0) is 31.5 Å². The summed E-state index contributed by atoms with van der Waals surface area (Å²) in [6.07, 6.45) is 0. The number of para-hydroxylation sites is 1. The van der Waals surface area contributed by atoms with Crippen molar-refractivity contribution in [1.82, 2.24) is 15.2 Å². The lowest BCUT2D eigenvalue weighted by Crippen LogP contribution is -2.02. The van der Waals surface area contributed by atoms with Gasteiger partial charge in [-0.25, -0.2) is 4.98 Å². The molecule has 0 amide bonds. The van der Waals surface area contributed by atoms with Crippen molar-refractivity contribution in [3.8, 4) is 5.75 Å². The molecule has 3 rings (SSSR count). The van der Waals surface area contributed by atoms with Gasteiger partial charge in [-0.1, -0.05) is 18.2 Å². The standard InChI is InChI=1S/C16H18N4O/c1-10-8-11(2)18-16-14(10)15(19-20-16)17-9-12-6-4-5-7-13(12)21-3/h4-8H,9H2,1-3H3,(H2,17,18,19,20). The van der Waals surface area contributed by atoms with E-state index in [-0.39, 0.29) is 0 Å². The van der Waals surface area contributed by atoms with E-state index in [0.717, 1.165) is 39.4 Å². The largest absolute Gasteiger partial charge is 0.496 e. The quantitative estimate of drug-likeness (QED) is 0.771. The van der Waals surface area contributed by atoms with Crippen LogP contribution in [0.3, 0.4) is 0 Å². The SMILES string of the molecule is COc1ccccc1CNc1[nH]nc2nc(C)cc(C)c12. The van der Waals surface area contributed by atoms with Crippen LogP contribution in [-0.2, 0) is 6.54 Å². The van der Waals surface area contributed by atoms with E-state index in [1.807, 2.05) is 31.2 Å². The second-order valence-electron chi connectivity index (χ2n) is 5.04. The predicted octanol–water partition coefficient (Wildman–Crippen LogP) is 3.20. The number of hydrogen-bond donors (Lipinski definition) is 2. The molecule has 21 heavy (non-hydrogen) atoms. The Labute approximate surface area is 123 Å². The summed E-state index contributed by atoms with van der Waals surface area (Å²) in [5.41, 5.74) is 3.98. The third-order valence-electron chi connectivity index (χ3n) is 3.50. The maximum absolute atomic E-state index is 5.36. The van der Waals surface area contributed by atoms with Gasteiger partial charge in [0, 0.05) is 17.8 Å². The summed E-state index contributed by atoms with van der Waals surface area (Å²) in [5.74, 6) is 1.76. The van der Waals surface area contributed by atoms with Crippen molar-refractivity contribution in [2.45, 2.75) is 20.4 Å². The normalized spacial score (nSPS) is 10.8. The maximum Gasteiger partial charge on any atom is 0.183 e. The first kappa shape index (κ1) is 13.4. The van der Waals surface area contributed by atoms with Crippen LogP contribution in [0.4, 0.5) is 5.82 Å². The lowest BCUT2D eigenvalue weighted by Gasteiger charge is -2.09. The van der Waals surface area contributed by atoms with Crippen LogP contribution in [0.15, 0.2) is 30.3 Å². The molecular formula is C16H18N4O. The number of pyridine rings is 1. The summed E-state index contributed by atoms with van der Waals surface area (Å²) in [6, 6.07) is 10.0. The average molecular weight is 282 g/mol. The van der Waals surface area contributed by atoms with Gasteiger partial charge in [-0.2, -0.15) is 5.10 Å². The molecule has 0 atom stereocenters. The smallest absolute Gasteiger partial charge is 0.183 e. The number of nitrogens with zero attached hydrogens (tertiary/aromatic N) is 2. The molecule has 5 heteroatoms. The van der Waals surface area contributed by atoms with E-state index < -0.39 is 0 Å². The van der Waals surface area contributed by atoms with Gasteiger partial charge in [0.15, 0.2) is 5.65 Å². The summed E-state index contributed by atoms with van der Waals surface area (Å²) in [5, 5.41) is 11.7. The van der Waals surface area contributed by atoms with E-state index in [2.05, 4.69) is 33.5 Å². The van der Waals surface area contributed by atoms with Gasteiger partial charge < -0.3 is 10.1 Å². The second-order valence-corrected chi connectivity index (χ2v) is 5.04. The summed E-state index contributed by atoms with van der Waals surface area (Å²) in [4.78, 5) is 4.44. The zero-order valence-electron chi connectivity index (χ0n) is 12.4.